The molecule has 4 aromatic rings. The van der Waals surface area contributed by atoms with Crippen molar-refractivity contribution in [3.63, 3.8) is 0 Å². The Labute approximate surface area is 288 Å². The Morgan fingerprint density at radius 2 is 0.780 bits per heavy atom. The van der Waals surface area contributed by atoms with Crippen molar-refractivity contribution in [1.82, 2.24) is 9.80 Å². The van der Waals surface area contributed by atoms with Gasteiger partial charge in [0.2, 0.25) is 25.1 Å². The Morgan fingerprint density at radius 3 is 1.08 bits per heavy atom. The van der Waals surface area contributed by atoms with Crippen molar-refractivity contribution in [2.75, 3.05) is 68.2 Å². The van der Waals surface area contributed by atoms with Crippen LogP contribution in [0.2, 0.25) is 0 Å². The van der Waals surface area contributed by atoms with Crippen LogP contribution in [-0.2, 0) is 0 Å². The fraction of sp³-hybridized carbons (Fsp3) is 0.333. The van der Waals surface area contributed by atoms with Gasteiger partial charge < -0.3 is 58.3 Å². The Kier molecular flexibility index (Phi) is 8.80. The SMILES string of the molecule is COc1cc([C@H](c2cc3c(cc2O)OCO3)N2CCN([C@@H](c3cc(OC)c(O)c(OC)c3)c3cc4c(cc3O)OCO4)CC2)cc(OC)c1O. The summed E-state index contributed by atoms with van der Waals surface area (Å²) < 4.78 is 44.4. The van der Waals surface area contributed by atoms with Crippen molar-refractivity contribution in [2.24, 2.45) is 0 Å². The van der Waals surface area contributed by atoms with Gasteiger partial charge in [-0.05, 0) is 47.5 Å². The Balaban J connectivity index is 1.29. The molecule has 0 saturated carbocycles. The summed E-state index contributed by atoms with van der Waals surface area (Å²) in [4.78, 5) is 4.40. The van der Waals surface area contributed by atoms with Gasteiger partial charge in [0.1, 0.15) is 11.5 Å². The van der Waals surface area contributed by atoms with Crippen LogP contribution in [0.5, 0.6) is 69.0 Å². The van der Waals surface area contributed by atoms with Gasteiger partial charge in [0.15, 0.2) is 46.0 Å². The van der Waals surface area contributed by atoms with Gasteiger partial charge in [0, 0.05) is 49.4 Å². The van der Waals surface area contributed by atoms with Gasteiger partial charge in [-0.3, -0.25) is 9.80 Å². The summed E-state index contributed by atoms with van der Waals surface area (Å²) in [5.74, 6) is 2.54. The molecule has 1 saturated heterocycles. The zero-order valence-corrected chi connectivity index (χ0v) is 28.0. The standard InChI is InChI=1S/C36H38N2O12/c1-43-29-9-19(10-30(44-2)35(29)41)33(21-13-25-27(15-23(21)39)49-17-47-25)37-5-7-38(8-6-37)34(20-11-31(45-3)36(42)32(12-20)46-4)22-14-26-28(16-24(22)40)50-18-48-26/h9-16,33-34,39-42H,5-8,17-18H2,1-4H3/t33-,34+. The van der Waals surface area contributed by atoms with E-state index in [-0.39, 0.29) is 59.6 Å². The van der Waals surface area contributed by atoms with Gasteiger partial charge in [-0.1, -0.05) is 0 Å². The van der Waals surface area contributed by atoms with Crippen LogP contribution in [0.25, 0.3) is 0 Å². The molecule has 4 N–H and O–H groups in total. The van der Waals surface area contributed by atoms with Crippen LogP contribution >= 0.6 is 0 Å². The largest absolute Gasteiger partial charge is 0.507 e. The van der Waals surface area contributed by atoms with Crippen LogP contribution in [0.3, 0.4) is 0 Å². The molecule has 1 fully saturated rings. The monoisotopic (exact) mass is 690 g/mol. The number of ether oxygens (including phenoxy) is 8. The molecule has 0 bridgehead atoms. The fourth-order valence-electron chi connectivity index (χ4n) is 6.90. The smallest absolute Gasteiger partial charge is 0.231 e. The number of benzene rings is 4. The highest BCUT2D eigenvalue weighted by Gasteiger charge is 2.36. The summed E-state index contributed by atoms with van der Waals surface area (Å²) in [5, 5.41) is 44.1. The van der Waals surface area contributed by atoms with Crippen molar-refractivity contribution < 1.29 is 58.3 Å². The number of hydrogen-bond acceptors (Lipinski definition) is 14. The van der Waals surface area contributed by atoms with E-state index in [0.717, 1.165) is 0 Å². The topological polar surface area (TPSA) is 161 Å². The van der Waals surface area contributed by atoms with E-state index in [1.807, 2.05) is 0 Å². The maximum Gasteiger partial charge on any atom is 0.231 e. The molecule has 0 unspecified atom stereocenters. The van der Waals surface area contributed by atoms with Gasteiger partial charge in [0.25, 0.3) is 0 Å². The molecule has 4 aromatic carbocycles. The van der Waals surface area contributed by atoms with Crippen molar-refractivity contribution in [3.8, 4) is 69.0 Å². The molecule has 3 heterocycles. The van der Waals surface area contributed by atoms with Crippen molar-refractivity contribution in [2.45, 2.75) is 12.1 Å². The highest BCUT2D eigenvalue weighted by atomic mass is 16.7. The van der Waals surface area contributed by atoms with Crippen LogP contribution in [0.1, 0.15) is 34.3 Å². The summed E-state index contributed by atoms with van der Waals surface area (Å²) in [6.45, 7) is 2.08. The van der Waals surface area contributed by atoms with Crippen LogP contribution in [-0.4, -0.2) is 98.4 Å². The van der Waals surface area contributed by atoms with Crippen LogP contribution < -0.4 is 37.9 Å². The van der Waals surface area contributed by atoms with Crippen molar-refractivity contribution in [1.29, 1.82) is 0 Å². The lowest BCUT2D eigenvalue weighted by molar-refractivity contribution is 0.0879. The molecule has 0 amide bonds. The predicted molar refractivity (Wildman–Crippen MR) is 178 cm³/mol. The Bertz CT molecular complexity index is 1720. The minimum absolute atomic E-state index is 0.0131. The fourth-order valence-corrected chi connectivity index (χ4v) is 6.90. The van der Waals surface area contributed by atoms with E-state index in [2.05, 4.69) is 9.80 Å². The molecule has 50 heavy (non-hydrogen) atoms. The number of piperazine rings is 1. The van der Waals surface area contributed by atoms with Gasteiger partial charge in [-0.2, -0.15) is 0 Å². The lowest BCUT2D eigenvalue weighted by Crippen LogP contribution is -2.49. The summed E-state index contributed by atoms with van der Waals surface area (Å²) >= 11 is 0. The first-order valence-electron chi connectivity index (χ1n) is 15.9. The quantitative estimate of drug-likeness (QED) is 0.184. The molecule has 0 radical (unpaired) electrons. The number of methoxy groups -OCH3 is 4. The number of fused-ring (bicyclic) bond motifs is 2. The van der Waals surface area contributed by atoms with Crippen LogP contribution in [0, 0.1) is 0 Å². The third-order valence-corrected chi connectivity index (χ3v) is 9.35. The first-order chi connectivity index (χ1) is 24.2. The third-order valence-electron chi connectivity index (χ3n) is 9.35. The highest BCUT2D eigenvalue weighted by Crippen LogP contribution is 2.49. The number of rotatable bonds is 10. The predicted octanol–water partition coefficient (Wildman–Crippen LogP) is 4.50. The maximum atomic E-state index is 11.3. The first kappa shape index (κ1) is 32.9. The Morgan fingerprint density at radius 1 is 0.480 bits per heavy atom. The van der Waals surface area contributed by atoms with Gasteiger partial charge >= 0.3 is 0 Å². The number of nitrogens with zero attached hydrogens (tertiary/aromatic N) is 2. The van der Waals surface area contributed by atoms with Crippen LogP contribution in [0.4, 0.5) is 0 Å². The molecule has 14 heteroatoms. The van der Waals surface area contributed by atoms with E-state index in [1.54, 1.807) is 48.5 Å². The zero-order valence-electron chi connectivity index (χ0n) is 28.0. The minimum Gasteiger partial charge on any atom is -0.507 e. The highest BCUT2D eigenvalue weighted by molar-refractivity contribution is 5.60. The first-order valence-corrected chi connectivity index (χ1v) is 15.9. The maximum absolute atomic E-state index is 11.3. The molecular formula is C36H38N2O12. The normalized spacial score (nSPS) is 16.6. The molecule has 0 aromatic heterocycles. The van der Waals surface area contributed by atoms with E-state index >= 15 is 0 Å². The molecular weight excluding hydrogens is 652 g/mol. The average molecular weight is 691 g/mol. The molecule has 7 rings (SSSR count). The Hall–Kier alpha value is -5.60. The van der Waals surface area contributed by atoms with E-state index in [0.29, 0.717) is 71.4 Å². The van der Waals surface area contributed by atoms with Crippen LogP contribution in [0.15, 0.2) is 48.5 Å². The van der Waals surface area contributed by atoms with E-state index in [1.165, 1.54) is 28.4 Å². The van der Waals surface area contributed by atoms with Gasteiger partial charge in [-0.15, -0.1) is 0 Å². The third kappa shape index (κ3) is 5.75. The number of phenolic OH excluding ortho intramolecular Hbond substituents is 4. The summed E-state index contributed by atoms with van der Waals surface area (Å²) in [6, 6.07) is 12.5. The summed E-state index contributed by atoms with van der Waals surface area (Å²) in [6.07, 6.45) is 0. The number of aromatic hydroxyl groups is 4. The second kappa shape index (κ2) is 13.4. The molecule has 0 aliphatic carbocycles. The lowest BCUT2D eigenvalue weighted by Gasteiger charge is -2.43. The second-order valence-electron chi connectivity index (χ2n) is 12.0. The molecule has 2 atom stereocenters. The molecule has 14 nitrogen and oxygen atoms in total. The van der Waals surface area contributed by atoms with Gasteiger partial charge in [0.05, 0.1) is 40.5 Å². The van der Waals surface area contributed by atoms with E-state index in [4.69, 9.17) is 37.9 Å². The zero-order chi connectivity index (χ0) is 35.1. The minimum atomic E-state index is -0.527. The van der Waals surface area contributed by atoms with Crippen molar-refractivity contribution in [3.05, 3.63) is 70.8 Å². The molecule has 3 aliphatic rings. The van der Waals surface area contributed by atoms with Gasteiger partial charge in [-0.25, -0.2) is 0 Å². The van der Waals surface area contributed by atoms with E-state index in [9.17, 15) is 20.4 Å². The number of hydrogen-bond donors (Lipinski definition) is 4. The lowest BCUT2D eigenvalue weighted by atomic mass is 9.92. The average Bonchev–Trinajstić information content (AvgIpc) is 3.79. The second-order valence-corrected chi connectivity index (χ2v) is 12.0. The molecule has 0 spiro atoms. The summed E-state index contributed by atoms with van der Waals surface area (Å²) in [7, 11) is 5.85. The molecule has 264 valence electrons. The van der Waals surface area contributed by atoms with Crippen molar-refractivity contribution >= 4 is 0 Å². The van der Waals surface area contributed by atoms with E-state index < -0.39 is 12.1 Å². The molecule has 3 aliphatic heterocycles. The summed E-state index contributed by atoms with van der Waals surface area (Å²) in [5.41, 5.74) is 2.54. The number of phenols is 4.